The Morgan fingerprint density at radius 2 is 1.83 bits per heavy atom. The second kappa shape index (κ2) is 7.45. The molecule has 0 bridgehead atoms. The van der Waals surface area contributed by atoms with Crippen molar-refractivity contribution in [1.29, 1.82) is 0 Å². The van der Waals surface area contributed by atoms with Gasteiger partial charge in [-0.05, 0) is 24.5 Å². The van der Waals surface area contributed by atoms with Crippen LogP contribution < -0.4 is 0 Å². The number of hydrogen-bond donors (Lipinski definition) is 0. The maximum absolute atomic E-state index is 13.3. The molecule has 0 spiro atoms. The molecule has 3 atom stereocenters. The Bertz CT molecular complexity index is 931. The highest BCUT2D eigenvalue weighted by Crippen LogP contribution is 2.46. The summed E-state index contributed by atoms with van der Waals surface area (Å²) in [5.74, 6) is 1.06. The number of halogens is 1. The third-order valence-electron chi connectivity index (χ3n) is 6.78. The highest BCUT2D eigenvalue weighted by atomic mass is 35.5. The lowest BCUT2D eigenvalue weighted by molar-refractivity contribution is -0.137. The topological polar surface area (TPSA) is 53.5 Å². The molecule has 150 valence electrons. The number of likely N-dealkylation sites (tertiary alicyclic amines) is 2. The third-order valence-corrected chi connectivity index (χ3v) is 6.99. The van der Waals surface area contributed by atoms with Gasteiger partial charge in [-0.2, -0.15) is 0 Å². The molecule has 2 amide bonds. The average Bonchev–Trinajstić information content (AvgIpc) is 3.24. The van der Waals surface area contributed by atoms with Crippen molar-refractivity contribution in [3.63, 3.8) is 0 Å². The number of carbonyl (C=O) groups is 2. The molecule has 1 saturated carbocycles. The molecule has 1 aromatic heterocycles. The molecule has 6 heteroatoms. The lowest BCUT2D eigenvalue weighted by Gasteiger charge is -2.32. The van der Waals surface area contributed by atoms with Gasteiger partial charge in [0.15, 0.2) is 0 Å². The zero-order chi connectivity index (χ0) is 20.0. The number of aromatic nitrogens is 1. The average molecular weight is 410 g/mol. The quantitative estimate of drug-likeness (QED) is 0.774. The van der Waals surface area contributed by atoms with Crippen LogP contribution in [0.25, 0.3) is 0 Å². The van der Waals surface area contributed by atoms with E-state index < -0.39 is 0 Å². The van der Waals surface area contributed by atoms with Crippen LogP contribution in [0.3, 0.4) is 0 Å². The summed E-state index contributed by atoms with van der Waals surface area (Å²) in [6.45, 7) is 2.14. The standard InChI is InChI=1S/C23H24ClN3O2/c24-19-9-17(10-25-11-19)23(29)27-13-18-12-26(22(28)16-7-4-8-16)14-20(18)21(27)15-5-2-1-3-6-15/h1-3,5-6,9-11,16,18,20-21H,4,7-8,12-14H2/t18-,20-,21+/m0/s1. The Balaban J connectivity index is 1.43. The van der Waals surface area contributed by atoms with Gasteiger partial charge in [-0.25, -0.2) is 0 Å². The van der Waals surface area contributed by atoms with Crippen LogP contribution in [0.15, 0.2) is 48.8 Å². The number of fused-ring (bicyclic) bond motifs is 1. The molecule has 0 N–H and O–H groups in total. The van der Waals surface area contributed by atoms with Gasteiger partial charge in [-0.15, -0.1) is 0 Å². The van der Waals surface area contributed by atoms with E-state index in [1.165, 1.54) is 12.6 Å². The van der Waals surface area contributed by atoms with Crippen LogP contribution in [0.5, 0.6) is 0 Å². The number of hydrogen-bond acceptors (Lipinski definition) is 3. The summed E-state index contributed by atoms with van der Waals surface area (Å²) in [6, 6.07) is 11.8. The fourth-order valence-electron chi connectivity index (χ4n) is 5.12. The van der Waals surface area contributed by atoms with E-state index >= 15 is 0 Å². The van der Waals surface area contributed by atoms with Crippen molar-refractivity contribution < 1.29 is 9.59 Å². The van der Waals surface area contributed by atoms with Gasteiger partial charge in [0, 0.05) is 49.8 Å². The number of pyridine rings is 1. The molecule has 0 unspecified atom stereocenters. The number of nitrogens with zero attached hydrogens (tertiary/aromatic N) is 3. The summed E-state index contributed by atoms with van der Waals surface area (Å²) in [7, 11) is 0. The number of benzene rings is 1. The Kier molecular flexibility index (Phi) is 4.78. The van der Waals surface area contributed by atoms with Crippen molar-refractivity contribution in [1.82, 2.24) is 14.8 Å². The van der Waals surface area contributed by atoms with Crippen molar-refractivity contribution >= 4 is 23.4 Å². The van der Waals surface area contributed by atoms with E-state index in [1.807, 2.05) is 23.1 Å². The Morgan fingerprint density at radius 3 is 2.52 bits per heavy atom. The largest absolute Gasteiger partial charge is 0.342 e. The normalized spacial score (nSPS) is 26.3. The number of carbonyl (C=O) groups excluding carboxylic acids is 2. The third kappa shape index (κ3) is 3.31. The minimum absolute atomic E-state index is 0.0353. The van der Waals surface area contributed by atoms with Crippen molar-refractivity contribution in [3.05, 3.63) is 64.9 Å². The number of rotatable bonds is 3. The first-order valence-electron chi connectivity index (χ1n) is 10.4. The van der Waals surface area contributed by atoms with Crippen molar-refractivity contribution in [3.8, 4) is 0 Å². The lowest BCUT2D eigenvalue weighted by atomic mass is 9.84. The van der Waals surface area contributed by atoms with Gasteiger partial charge in [0.05, 0.1) is 16.6 Å². The summed E-state index contributed by atoms with van der Waals surface area (Å²) in [5, 5.41) is 0.462. The Hall–Kier alpha value is -2.40. The van der Waals surface area contributed by atoms with E-state index in [2.05, 4.69) is 22.0 Å². The van der Waals surface area contributed by atoms with Crippen LogP contribution in [0.4, 0.5) is 0 Å². The van der Waals surface area contributed by atoms with Gasteiger partial charge in [0.1, 0.15) is 0 Å². The van der Waals surface area contributed by atoms with Crippen LogP contribution >= 0.6 is 11.6 Å². The van der Waals surface area contributed by atoms with Crippen molar-refractivity contribution in [2.24, 2.45) is 17.8 Å². The van der Waals surface area contributed by atoms with Crippen LogP contribution in [0.2, 0.25) is 5.02 Å². The summed E-state index contributed by atoms with van der Waals surface area (Å²) in [6.07, 6.45) is 6.34. The molecular weight excluding hydrogens is 386 g/mol. The van der Waals surface area contributed by atoms with Crippen LogP contribution in [0.1, 0.15) is 41.2 Å². The zero-order valence-electron chi connectivity index (χ0n) is 16.2. The highest BCUT2D eigenvalue weighted by Gasteiger charge is 2.50. The minimum Gasteiger partial charge on any atom is -0.342 e. The molecule has 5 nitrogen and oxygen atoms in total. The summed E-state index contributed by atoms with van der Waals surface area (Å²) < 4.78 is 0. The van der Waals surface area contributed by atoms with E-state index in [4.69, 9.17) is 11.6 Å². The maximum atomic E-state index is 13.3. The van der Waals surface area contributed by atoms with E-state index in [0.717, 1.165) is 31.5 Å². The second-order valence-corrected chi connectivity index (χ2v) is 8.94. The van der Waals surface area contributed by atoms with Gasteiger partial charge in [-0.3, -0.25) is 14.6 Å². The van der Waals surface area contributed by atoms with E-state index in [0.29, 0.717) is 29.0 Å². The SMILES string of the molecule is O=C(C1CCC1)N1C[C@H]2CN(C(=O)c3cncc(Cl)c3)[C@H](c3ccccc3)[C@H]2C1. The minimum atomic E-state index is -0.0416. The van der Waals surface area contributed by atoms with E-state index in [-0.39, 0.29) is 23.8 Å². The molecule has 1 aromatic carbocycles. The molecule has 2 saturated heterocycles. The lowest BCUT2D eigenvalue weighted by Crippen LogP contribution is -2.41. The Labute approximate surface area is 175 Å². The molecule has 3 heterocycles. The van der Waals surface area contributed by atoms with Crippen LogP contribution in [0, 0.1) is 17.8 Å². The molecule has 1 aliphatic carbocycles. The van der Waals surface area contributed by atoms with Gasteiger partial charge in [0.2, 0.25) is 5.91 Å². The first kappa shape index (κ1) is 18.6. The zero-order valence-corrected chi connectivity index (χ0v) is 17.0. The first-order valence-corrected chi connectivity index (χ1v) is 10.7. The predicted molar refractivity (Wildman–Crippen MR) is 110 cm³/mol. The molecule has 3 aliphatic rings. The fourth-order valence-corrected chi connectivity index (χ4v) is 5.29. The molecule has 29 heavy (non-hydrogen) atoms. The second-order valence-electron chi connectivity index (χ2n) is 8.50. The highest BCUT2D eigenvalue weighted by molar-refractivity contribution is 6.30. The smallest absolute Gasteiger partial charge is 0.256 e. The van der Waals surface area contributed by atoms with Crippen LogP contribution in [-0.4, -0.2) is 46.2 Å². The van der Waals surface area contributed by atoms with Gasteiger partial charge < -0.3 is 9.80 Å². The van der Waals surface area contributed by atoms with Gasteiger partial charge in [0.25, 0.3) is 5.91 Å². The molecule has 3 fully saturated rings. The van der Waals surface area contributed by atoms with E-state index in [9.17, 15) is 9.59 Å². The van der Waals surface area contributed by atoms with Crippen LogP contribution in [-0.2, 0) is 4.79 Å². The van der Waals surface area contributed by atoms with Gasteiger partial charge >= 0.3 is 0 Å². The van der Waals surface area contributed by atoms with E-state index in [1.54, 1.807) is 12.3 Å². The van der Waals surface area contributed by atoms with Gasteiger partial charge in [-0.1, -0.05) is 48.4 Å². The summed E-state index contributed by atoms with van der Waals surface area (Å²) >= 11 is 6.07. The van der Waals surface area contributed by atoms with Crippen molar-refractivity contribution in [2.45, 2.75) is 25.3 Å². The monoisotopic (exact) mass is 409 g/mol. The molecular formula is C23H24ClN3O2. The number of amides is 2. The molecule has 2 aliphatic heterocycles. The Morgan fingerprint density at radius 1 is 1.03 bits per heavy atom. The molecule has 2 aromatic rings. The molecule has 0 radical (unpaired) electrons. The molecule has 5 rings (SSSR count). The van der Waals surface area contributed by atoms with Crippen molar-refractivity contribution in [2.75, 3.05) is 19.6 Å². The first-order chi connectivity index (χ1) is 14.1. The summed E-state index contributed by atoms with van der Waals surface area (Å²) in [5.41, 5.74) is 1.64. The summed E-state index contributed by atoms with van der Waals surface area (Å²) in [4.78, 5) is 34.2. The maximum Gasteiger partial charge on any atom is 0.256 e. The predicted octanol–water partition coefficient (Wildman–Crippen LogP) is 3.81. The fraction of sp³-hybridized carbons (Fsp3) is 0.435.